The molecule has 114 valence electrons. The molecular formula is C14H25N3O2S. The molecule has 1 fully saturated rings. The van der Waals surface area contributed by atoms with E-state index >= 15 is 0 Å². The summed E-state index contributed by atoms with van der Waals surface area (Å²) in [5.41, 5.74) is 0.894. The summed E-state index contributed by atoms with van der Waals surface area (Å²) in [5, 5.41) is 3.26. The SMILES string of the molecule is CC(C)NCc1cc(S(=O)(=O)N(C)CC2CC2C)c[nH]1. The Bertz CT molecular complexity index is 551. The maximum absolute atomic E-state index is 12.4. The van der Waals surface area contributed by atoms with Gasteiger partial charge >= 0.3 is 0 Å². The predicted octanol–water partition coefficient (Wildman–Crippen LogP) is 1.79. The summed E-state index contributed by atoms with van der Waals surface area (Å²) in [6.45, 7) is 7.55. The van der Waals surface area contributed by atoms with Crippen molar-refractivity contribution < 1.29 is 8.42 Å². The Kier molecular flexibility index (Phi) is 4.56. The number of hydrogen-bond donors (Lipinski definition) is 2. The smallest absolute Gasteiger partial charge is 0.244 e. The monoisotopic (exact) mass is 299 g/mol. The van der Waals surface area contributed by atoms with Crippen LogP contribution in [0.1, 0.15) is 32.9 Å². The summed E-state index contributed by atoms with van der Waals surface area (Å²) in [6, 6.07) is 2.09. The average molecular weight is 299 g/mol. The molecule has 0 bridgehead atoms. The molecule has 0 spiro atoms. The highest BCUT2D eigenvalue weighted by atomic mass is 32.2. The topological polar surface area (TPSA) is 65.2 Å². The number of rotatable bonds is 7. The summed E-state index contributed by atoms with van der Waals surface area (Å²) in [4.78, 5) is 3.39. The first-order valence-corrected chi connectivity index (χ1v) is 8.61. The Hall–Kier alpha value is -0.850. The molecule has 2 atom stereocenters. The standard InChI is InChI=1S/C14H25N3O2S/c1-10(2)15-7-13-6-14(8-16-13)20(18,19)17(4)9-12-5-11(12)3/h6,8,10-12,15-16H,5,7,9H2,1-4H3. The third-order valence-electron chi connectivity index (χ3n) is 3.89. The van der Waals surface area contributed by atoms with Gasteiger partial charge in [0.15, 0.2) is 0 Å². The molecule has 20 heavy (non-hydrogen) atoms. The zero-order valence-electron chi connectivity index (χ0n) is 12.7. The van der Waals surface area contributed by atoms with Crippen molar-refractivity contribution in [1.29, 1.82) is 0 Å². The summed E-state index contributed by atoms with van der Waals surface area (Å²) >= 11 is 0. The van der Waals surface area contributed by atoms with E-state index in [1.54, 1.807) is 19.3 Å². The first-order chi connectivity index (χ1) is 9.30. The fraction of sp³-hybridized carbons (Fsp3) is 0.714. The first kappa shape index (κ1) is 15.5. The third kappa shape index (κ3) is 3.62. The Morgan fingerprint density at radius 3 is 2.70 bits per heavy atom. The minimum absolute atomic E-state index is 0.355. The van der Waals surface area contributed by atoms with E-state index in [2.05, 4.69) is 31.1 Å². The van der Waals surface area contributed by atoms with E-state index in [0.29, 0.717) is 35.9 Å². The zero-order valence-corrected chi connectivity index (χ0v) is 13.5. The molecule has 0 saturated heterocycles. The van der Waals surface area contributed by atoms with Crippen LogP contribution < -0.4 is 5.32 Å². The van der Waals surface area contributed by atoms with Gasteiger partial charge in [0.1, 0.15) is 0 Å². The van der Waals surface area contributed by atoms with Crippen LogP contribution in [0.2, 0.25) is 0 Å². The van der Waals surface area contributed by atoms with Crippen LogP contribution in [0.5, 0.6) is 0 Å². The lowest BCUT2D eigenvalue weighted by molar-refractivity contribution is 0.445. The lowest BCUT2D eigenvalue weighted by Gasteiger charge is -2.15. The number of nitrogens with zero attached hydrogens (tertiary/aromatic N) is 1. The molecular weight excluding hydrogens is 274 g/mol. The van der Waals surface area contributed by atoms with Crippen molar-refractivity contribution in [1.82, 2.24) is 14.6 Å². The second-order valence-corrected chi connectivity index (χ2v) is 8.20. The van der Waals surface area contributed by atoms with Crippen LogP contribution >= 0.6 is 0 Å². The van der Waals surface area contributed by atoms with Gasteiger partial charge in [-0.2, -0.15) is 0 Å². The van der Waals surface area contributed by atoms with Crippen LogP contribution in [-0.4, -0.2) is 37.3 Å². The molecule has 0 radical (unpaired) electrons. The number of H-pyrrole nitrogens is 1. The summed E-state index contributed by atoms with van der Waals surface area (Å²) < 4.78 is 26.4. The minimum Gasteiger partial charge on any atom is -0.363 e. The lowest BCUT2D eigenvalue weighted by Crippen LogP contribution is -2.29. The summed E-state index contributed by atoms with van der Waals surface area (Å²) in [5.74, 6) is 1.18. The van der Waals surface area contributed by atoms with Gasteiger partial charge in [-0.1, -0.05) is 20.8 Å². The van der Waals surface area contributed by atoms with E-state index in [1.807, 2.05) is 0 Å². The fourth-order valence-corrected chi connectivity index (χ4v) is 3.49. The van der Waals surface area contributed by atoms with Crippen molar-refractivity contribution in [2.75, 3.05) is 13.6 Å². The van der Waals surface area contributed by atoms with E-state index in [9.17, 15) is 8.42 Å². The van der Waals surface area contributed by atoms with E-state index < -0.39 is 10.0 Å². The van der Waals surface area contributed by atoms with Crippen LogP contribution in [0.3, 0.4) is 0 Å². The van der Waals surface area contributed by atoms with Crippen molar-refractivity contribution >= 4 is 10.0 Å². The average Bonchev–Trinajstić information content (AvgIpc) is 2.89. The Morgan fingerprint density at radius 2 is 2.15 bits per heavy atom. The summed E-state index contributed by atoms with van der Waals surface area (Å²) in [7, 11) is -1.69. The molecule has 0 aromatic carbocycles. The van der Waals surface area contributed by atoms with Gasteiger partial charge < -0.3 is 10.3 Å². The van der Waals surface area contributed by atoms with Gasteiger partial charge in [-0.05, 0) is 24.3 Å². The van der Waals surface area contributed by atoms with Gasteiger partial charge in [0.25, 0.3) is 0 Å². The van der Waals surface area contributed by atoms with Crippen LogP contribution in [0.15, 0.2) is 17.2 Å². The molecule has 2 rings (SSSR count). The molecule has 1 aromatic heterocycles. The van der Waals surface area contributed by atoms with Gasteiger partial charge in [-0.25, -0.2) is 12.7 Å². The van der Waals surface area contributed by atoms with Gasteiger partial charge in [0.2, 0.25) is 10.0 Å². The first-order valence-electron chi connectivity index (χ1n) is 7.17. The fourth-order valence-electron chi connectivity index (χ4n) is 2.25. The lowest BCUT2D eigenvalue weighted by atomic mass is 10.3. The van der Waals surface area contributed by atoms with Gasteiger partial charge in [0, 0.05) is 38.1 Å². The molecule has 0 aliphatic heterocycles. The highest BCUT2D eigenvalue weighted by Crippen LogP contribution is 2.38. The van der Waals surface area contributed by atoms with Crippen molar-refractivity contribution in [2.45, 2.75) is 44.7 Å². The third-order valence-corrected chi connectivity index (χ3v) is 5.69. The van der Waals surface area contributed by atoms with Crippen molar-refractivity contribution in [2.24, 2.45) is 11.8 Å². The largest absolute Gasteiger partial charge is 0.363 e. The van der Waals surface area contributed by atoms with Crippen LogP contribution in [0.25, 0.3) is 0 Å². The Morgan fingerprint density at radius 1 is 1.50 bits per heavy atom. The van der Waals surface area contributed by atoms with Crippen LogP contribution in [0, 0.1) is 11.8 Å². The van der Waals surface area contributed by atoms with E-state index in [1.165, 1.54) is 4.31 Å². The number of aromatic nitrogens is 1. The maximum Gasteiger partial charge on any atom is 0.244 e. The Labute approximate surface area is 121 Å². The second-order valence-electron chi connectivity index (χ2n) is 6.15. The molecule has 1 saturated carbocycles. The van der Waals surface area contributed by atoms with Crippen LogP contribution in [-0.2, 0) is 16.6 Å². The highest BCUT2D eigenvalue weighted by Gasteiger charge is 2.36. The zero-order chi connectivity index (χ0) is 14.9. The molecule has 6 heteroatoms. The van der Waals surface area contributed by atoms with E-state index in [-0.39, 0.29) is 0 Å². The van der Waals surface area contributed by atoms with Crippen molar-refractivity contribution in [3.8, 4) is 0 Å². The van der Waals surface area contributed by atoms with Gasteiger partial charge in [0.05, 0.1) is 4.90 Å². The van der Waals surface area contributed by atoms with Crippen molar-refractivity contribution in [3.63, 3.8) is 0 Å². The number of aromatic amines is 1. The molecule has 1 heterocycles. The van der Waals surface area contributed by atoms with E-state index in [4.69, 9.17) is 0 Å². The molecule has 5 nitrogen and oxygen atoms in total. The Balaban J connectivity index is 2.01. The van der Waals surface area contributed by atoms with E-state index in [0.717, 1.165) is 12.1 Å². The molecule has 1 aliphatic carbocycles. The molecule has 1 aliphatic rings. The molecule has 2 unspecified atom stereocenters. The normalized spacial score (nSPS) is 22.7. The number of hydrogen-bond acceptors (Lipinski definition) is 3. The van der Waals surface area contributed by atoms with Gasteiger partial charge in [-0.15, -0.1) is 0 Å². The number of sulfonamides is 1. The highest BCUT2D eigenvalue weighted by molar-refractivity contribution is 7.89. The minimum atomic E-state index is -3.36. The second kappa shape index (κ2) is 5.87. The molecule has 0 amide bonds. The van der Waals surface area contributed by atoms with Crippen LogP contribution in [0.4, 0.5) is 0 Å². The molecule has 1 aromatic rings. The molecule has 2 N–H and O–H groups in total. The maximum atomic E-state index is 12.4. The predicted molar refractivity (Wildman–Crippen MR) is 79.9 cm³/mol. The van der Waals surface area contributed by atoms with Crippen molar-refractivity contribution in [3.05, 3.63) is 18.0 Å². The number of nitrogens with one attached hydrogen (secondary N) is 2. The quantitative estimate of drug-likeness (QED) is 0.807. The summed E-state index contributed by atoms with van der Waals surface area (Å²) in [6.07, 6.45) is 2.72. The van der Waals surface area contributed by atoms with Gasteiger partial charge in [-0.3, -0.25) is 0 Å².